The Morgan fingerprint density at radius 2 is 1.75 bits per heavy atom. The Morgan fingerprint density at radius 1 is 1.06 bits per heavy atom. The number of benzene rings is 1. The number of rotatable bonds is 10. The molecule has 1 aromatic rings. The minimum atomic E-state index is -1.31. The molecule has 0 spiro atoms. The first-order chi connectivity index (χ1) is 24.7. The molecule has 0 aliphatic carbocycles. The lowest BCUT2D eigenvalue weighted by molar-refractivity contribution is -0.304. The van der Waals surface area contributed by atoms with E-state index >= 15 is 0 Å². The summed E-state index contributed by atoms with van der Waals surface area (Å²) in [5, 5.41) is 36.2. The van der Waals surface area contributed by atoms with Crippen molar-refractivity contribution in [3.8, 4) is 0 Å². The van der Waals surface area contributed by atoms with Crippen molar-refractivity contribution in [2.24, 2.45) is 23.7 Å². The number of esters is 1. The number of aliphatic hydroxyl groups excluding tert-OH is 3. The summed E-state index contributed by atoms with van der Waals surface area (Å²) in [6.07, 6.45) is -2.20. The number of aliphatic hydroxyl groups is 3. The second-order valence-corrected chi connectivity index (χ2v) is 14.4. The summed E-state index contributed by atoms with van der Waals surface area (Å²) in [6, 6.07) is 8.62. The highest BCUT2D eigenvalue weighted by Crippen LogP contribution is 2.34. The zero-order valence-electron chi connectivity index (χ0n) is 31.4. The fourth-order valence-electron chi connectivity index (χ4n) is 6.91. The van der Waals surface area contributed by atoms with Crippen LogP contribution in [0.5, 0.6) is 0 Å². The molecule has 2 heterocycles. The number of likely N-dealkylation sites (N-methyl/N-ethyl adjacent to an activating group) is 1. The van der Waals surface area contributed by atoms with Crippen molar-refractivity contribution in [2.75, 3.05) is 20.7 Å². The highest BCUT2D eigenvalue weighted by atomic mass is 16.7. The van der Waals surface area contributed by atoms with E-state index < -0.39 is 91.1 Å². The van der Waals surface area contributed by atoms with Crippen molar-refractivity contribution in [2.45, 2.75) is 116 Å². The first-order valence-electron chi connectivity index (χ1n) is 18.2. The van der Waals surface area contributed by atoms with Gasteiger partial charge in [0.05, 0.1) is 36.9 Å². The fourth-order valence-corrected chi connectivity index (χ4v) is 6.91. The minimum absolute atomic E-state index is 0.0247. The van der Waals surface area contributed by atoms with Crippen molar-refractivity contribution in [1.29, 1.82) is 0 Å². The molecule has 1 fully saturated rings. The van der Waals surface area contributed by atoms with Crippen LogP contribution in [0.4, 0.5) is 4.79 Å². The molecule has 4 N–H and O–H groups in total. The van der Waals surface area contributed by atoms with Gasteiger partial charge in [-0.25, -0.2) is 4.79 Å². The molecule has 0 unspecified atom stereocenters. The zero-order valence-corrected chi connectivity index (χ0v) is 31.4. The Morgan fingerprint density at radius 3 is 2.38 bits per heavy atom. The number of nitrogens with zero attached hydrogens (tertiary/aromatic N) is 1. The highest BCUT2D eigenvalue weighted by Gasteiger charge is 2.47. The standard InChI is InChI=1S/C39H58N2O11/c1-8-32-29(22-49-39(48)40-21-27-12-10-9-11-13-27)18-23(2)14-15-30(43)24(3)19-28(16-17-42)37(25(4)31(44)20-33(45)51-32)52-38-36(47)34(41(6)7)35(46)26(5)50-38/h9-15,17-18,24-26,28-29,31-32,34-38,44,46-47H,8,16,19-22H2,1-7H3,(H,40,48)/b15-14+,23-18+/t24-,25+,26-,28+,29-,31-,32-,34+,35-,36-,37-,38+/m1/s1. The molecule has 13 heteroatoms. The van der Waals surface area contributed by atoms with Crippen LogP contribution in [0, 0.1) is 23.7 Å². The van der Waals surface area contributed by atoms with Crippen LogP contribution >= 0.6 is 0 Å². The summed E-state index contributed by atoms with van der Waals surface area (Å²) in [6.45, 7) is 8.83. The molecule has 1 aromatic carbocycles. The summed E-state index contributed by atoms with van der Waals surface area (Å²) in [7, 11) is 3.43. The molecule has 12 atom stereocenters. The molecule has 3 rings (SSSR count). The average Bonchev–Trinajstić information content (AvgIpc) is 3.10. The molecule has 0 saturated carbocycles. The van der Waals surface area contributed by atoms with Crippen LogP contribution in [0.2, 0.25) is 0 Å². The maximum absolute atomic E-state index is 13.4. The van der Waals surface area contributed by atoms with Gasteiger partial charge in [0, 0.05) is 30.7 Å². The van der Waals surface area contributed by atoms with Gasteiger partial charge < -0.3 is 49.3 Å². The number of nitrogens with one attached hydrogen (secondary N) is 1. The zero-order chi connectivity index (χ0) is 38.5. The number of amides is 1. The predicted octanol–water partition coefficient (Wildman–Crippen LogP) is 3.34. The van der Waals surface area contributed by atoms with E-state index in [9.17, 15) is 34.5 Å². The third-order valence-corrected chi connectivity index (χ3v) is 10.0. The van der Waals surface area contributed by atoms with E-state index in [4.69, 9.17) is 18.9 Å². The molecular weight excluding hydrogens is 672 g/mol. The number of hydrogen-bond acceptors (Lipinski definition) is 12. The Labute approximate surface area is 307 Å². The van der Waals surface area contributed by atoms with Gasteiger partial charge in [-0.3, -0.25) is 9.59 Å². The van der Waals surface area contributed by atoms with Crippen LogP contribution in [0.15, 0.2) is 54.1 Å². The number of carbonyl (C=O) groups excluding carboxylic acids is 4. The number of cyclic esters (lactones) is 1. The van der Waals surface area contributed by atoms with Crippen molar-refractivity contribution >= 4 is 24.1 Å². The summed E-state index contributed by atoms with van der Waals surface area (Å²) in [4.78, 5) is 53.1. The minimum Gasteiger partial charge on any atom is -0.462 e. The van der Waals surface area contributed by atoms with Crippen LogP contribution in [0.25, 0.3) is 0 Å². The number of alkyl carbamates (subject to hydrolysis) is 1. The molecule has 13 nitrogen and oxygen atoms in total. The van der Waals surface area contributed by atoms with E-state index in [1.165, 1.54) is 6.08 Å². The lowest BCUT2D eigenvalue weighted by atomic mass is 9.79. The molecule has 0 bridgehead atoms. The van der Waals surface area contributed by atoms with Gasteiger partial charge in [-0.1, -0.05) is 68.8 Å². The first kappa shape index (κ1) is 42.9. The van der Waals surface area contributed by atoms with Gasteiger partial charge in [-0.05, 0) is 58.3 Å². The predicted molar refractivity (Wildman–Crippen MR) is 193 cm³/mol. The van der Waals surface area contributed by atoms with Gasteiger partial charge in [0.25, 0.3) is 0 Å². The summed E-state index contributed by atoms with van der Waals surface area (Å²) >= 11 is 0. The molecule has 290 valence electrons. The monoisotopic (exact) mass is 730 g/mol. The summed E-state index contributed by atoms with van der Waals surface area (Å²) < 4.78 is 23.8. The fraction of sp³-hybridized carbons (Fsp3) is 0.641. The molecule has 0 radical (unpaired) electrons. The van der Waals surface area contributed by atoms with Crippen molar-refractivity contribution < 1.29 is 53.4 Å². The van der Waals surface area contributed by atoms with Gasteiger partial charge >= 0.3 is 12.1 Å². The number of aldehydes is 1. The number of allylic oxidation sites excluding steroid dienone is 3. The maximum Gasteiger partial charge on any atom is 0.407 e. The number of ether oxygens (including phenoxy) is 4. The normalized spacial score (nSPS) is 35.6. The van der Waals surface area contributed by atoms with Gasteiger partial charge in [0.2, 0.25) is 0 Å². The van der Waals surface area contributed by atoms with Crippen LogP contribution in [0.3, 0.4) is 0 Å². The molecule has 0 aromatic heterocycles. The number of ketones is 1. The molecule has 1 saturated heterocycles. The lowest BCUT2D eigenvalue weighted by Gasteiger charge is -2.46. The van der Waals surface area contributed by atoms with Crippen LogP contribution in [-0.4, -0.2) is 114 Å². The van der Waals surface area contributed by atoms with E-state index in [1.54, 1.807) is 58.8 Å². The maximum atomic E-state index is 13.4. The van der Waals surface area contributed by atoms with E-state index in [2.05, 4.69) is 5.32 Å². The molecule has 2 aliphatic rings. The molecule has 2 aliphatic heterocycles. The second kappa shape index (κ2) is 20.7. The van der Waals surface area contributed by atoms with Gasteiger partial charge in [0.1, 0.15) is 25.1 Å². The second-order valence-electron chi connectivity index (χ2n) is 14.4. The lowest BCUT2D eigenvalue weighted by Crippen LogP contribution is -2.63. The van der Waals surface area contributed by atoms with E-state index in [0.29, 0.717) is 12.0 Å². The van der Waals surface area contributed by atoms with Gasteiger partial charge in [-0.15, -0.1) is 0 Å². The molecule has 52 heavy (non-hydrogen) atoms. The van der Waals surface area contributed by atoms with Crippen molar-refractivity contribution in [3.05, 3.63) is 59.7 Å². The Kier molecular flexibility index (Phi) is 17.1. The summed E-state index contributed by atoms with van der Waals surface area (Å²) in [5.74, 6) is -3.43. The van der Waals surface area contributed by atoms with Gasteiger partial charge in [0.15, 0.2) is 12.1 Å². The highest BCUT2D eigenvalue weighted by molar-refractivity contribution is 5.91. The van der Waals surface area contributed by atoms with Crippen LogP contribution in [-0.2, 0) is 39.9 Å². The Hall–Kier alpha value is -3.46. The number of carbonyl (C=O) groups is 4. The molecule has 1 amide bonds. The topological polar surface area (TPSA) is 181 Å². The molecular formula is C39H58N2O11. The SMILES string of the molecule is CC[C@H]1OC(=O)C[C@@H](O)[C@H](C)[C@@H](O[C@@H]2O[C@H](C)[C@@H](O)[C@H](N(C)C)[C@H]2O)[C@@H](CC=O)C[C@@H](C)C(=O)/C=C/C(C)=C/[C@@H]1COC(=O)NCc1ccccc1. The third-order valence-electron chi connectivity index (χ3n) is 10.0. The largest absolute Gasteiger partial charge is 0.462 e. The smallest absolute Gasteiger partial charge is 0.407 e. The van der Waals surface area contributed by atoms with E-state index in [-0.39, 0.29) is 31.8 Å². The first-order valence-corrected chi connectivity index (χ1v) is 18.2. The van der Waals surface area contributed by atoms with Crippen LogP contribution in [0.1, 0.15) is 65.9 Å². The Bertz CT molecular complexity index is 1370. The van der Waals surface area contributed by atoms with Crippen LogP contribution < -0.4 is 5.32 Å². The van der Waals surface area contributed by atoms with Crippen molar-refractivity contribution in [1.82, 2.24) is 10.2 Å². The van der Waals surface area contributed by atoms with E-state index in [1.807, 2.05) is 37.3 Å². The van der Waals surface area contributed by atoms with E-state index in [0.717, 1.165) is 11.8 Å². The Balaban J connectivity index is 1.90. The quantitative estimate of drug-likeness (QED) is 0.204. The summed E-state index contributed by atoms with van der Waals surface area (Å²) in [5.41, 5.74) is 1.57. The number of hydrogen-bond donors (Lipinski definition) is 4. The third kappa shape index (κ3) is 12.3. The van der Waals surface area contributed by atoms with Crippen molar-refractivity contribution in [3.63, 3.8) is 0 Å². The van der Waals surface area contributed by atoms with Gasteiger partial charge in [-0.2, -0.15) is 0 Å². The average molecular weight is 731 g/mol.